The molecule has 1 saturated carbocycles. The van der Waals surface area contributed by atoms with Gasteiger partial charge in [0.25, 0.3) is 0 Å². The average Bonchev–Trinajstić information content (AvgIpc) is 2.40. The Balaban J connectivity index is 2.09. The van der Waals surface area contributed by atoms with Crippen molar-refractivity contribution in [2.45, 2.75) is 31.6 Å². The van der Waals surface area contributed by atoms with Crippen LogP contribution in [0.15, 0.2) is 30.3 Å². The lowest BCUT2D eigenvalue weighted by Gasteiger charge is -2.37. The lowest BCUT2D eigenvalue weighted by molar-refractivity contribution is -0.0560. The zero-order chi connectivity index (χ0) is 13.9. The normalized spacial score (nSPS) is 21.7. The van der Waals surface area contributed by atoms with Crippen LogP contribution in [0.3, 0.4) is 0 Å². The molecule has 4 heteroatoms. The molecule has 1 aliphatic rings. The van der Waals surface area contributed by atoms with E-state index in [1.807, 2.05) is 12.2 Å². The largest absolute Gasteiger partial charge is 0.330 e. The summed E-state index contributed by atoms with van der Waals surface area (Å²) in [5.41, 5.74) is 6.26. The zero-order valence-corrected chi connectivity index (χ0v) is 10.7. The number of hydrogen-bond donors (Lipinski definition) is 1. The molecule has 19 heavy (non-hydrogen) atoms. The molecule has 0 atom stereocenters. The van der Waals surface area contributed by atoms with Gasteiger partial charge in [-0.1, -0.05) is 24.3 Å². The van der Waals surface area contributed by atoms with Crippen LogP contribution < -0.4 is 5.73 Å². The maximum atomic E-state index is 13.2. The van der Waals surface area contributed by atoms with E-state index in [1.165, 1.54) is 12.1 Å². The molecule has 1 fully saturated rings. The third kappa shape index (κ3) is 3.60. The van der Waals surface area contributed by atoms with Gasteiger partial charge in [-0.15, -0.1) is 0 Å². The van der Waals surface area contributed by atoms with Crippen LogP contribution in [0.25, 0.3) is 6.08 Å². The second-order valence-electron chi connectivity index (χ2n) is 5.31. The minimum atomic E-state index is -2.55. The quantitative estimate of drug-likeness (QED) is 0.882. The first-order valence-corrected chi connectivity index (χ1v) is 6.48. The molecule has 1 aliphatic carbocycles. The van der Waals surface area contributed by atoms with E-state index in [2.05, 4.69) is 0 Å². The molecule has 1 aromatic carbocycles. The van der Waals surface area contributed by atoms with Crippen molar-refractivity contribution in [3.8, 4) is 0 Å². The molecule has 1 nitrogen and oxygen atoms in total. The van der Waals surface area contributed by atoms with E-state index in [1.54, 1.807) is 12.1 Å². The van der Waals surface area contributed by atoms with Crippen molar-refractivity contribution in [1.29, 1.82) is 0 Å². The fourth-order valence-corrected chi connectivity index (χ4v) is 2.40. The standard InChI is InChI=1S/C15H18F3N/c16-13-3-1-12(2-4-13)5-6-14(11-19)7-9-15(17,18)10-8-14/h1-6H,7-11,19H2/b6-5+. The Morgan fingerprint density at radius 3 is 2.16 bits per heavy atom. The first-order chi connectivity index (χ1) is 8.95. The van der Waals surface area contributed by atoms with Crippen molar-refractivity contribution in [2.75, 3.05) is 6.54 Å². The van der Waals surface area contributed by atoms with Gasteiger partial charge in [0, 0.05) is 24.8 Å². The highest BCUT2D eigenvalue weighted by atomic mass is 19.3. The predicted molar refractivity (Wildman–Crippen MR) is 70.3 cm³/mol. The molecule has 0 unspecified atom stereocenters. The maximum absolute atomic E-state index is 13.2. The Hall–Kier alpha value is -1.29. The summed E-state index contributed by atoms with van der Waals surface area (Å²) in [4.78, 5) is 0. The summed E-state index contributed by atoms with van der Waals surface area (Å²) in [7, 11) is 0. The minimum absolute atomic E-state index is 0.113. The maximum Gasteiger partial charge on any atom is 0.248 e. The summed E-state index contributed by atoms with van der Waals surface area (Å²) in [6.45, 7) is 0.362. The van der Waals surface area contributed by atoms with Crippen LogP contribution in [-0.4, -0.2) is 12.5 Å². The Bertz CT molecular complexity index is 441. The van der Waals surface area contributed by atoms with E-state index >= 15 is 0 Å². The van der Waals surface area contributed by atoms with Gasteiger partial charge in [0.05, 0.1) is 0 Å². The topological polar surface area (TPSA) is 26.0 Å². The SMILES string of the molecule is NCC1(/C=C/c2ccc(F)cc2)CCC(F)(F)CC1. The zero-order valence-electron chi connectivity index (χ0n) is 10.7. The summed E-state index contributed by atoms with van der Waals surface area (Å²) < 4.78 is 39.2. The highest BCUT2D eigenvalue weighted by Gasteiger charge is 2.41. The Labute approximate surface area is 111 Å². The number of benzene rings is 1. The fraction of sp³-hybridized carbons (Fsp3) is 0.467. The molecule has 104 valence electrons. The molecular formula is C15H18F3N. The van der Waals surface area contributed by atoms with E-state index in [9.17, 15) is 13.2 Å². The van der Waals surface area contributed by atoms with Gasteiger partial charge in [0.1, 0.15) is 5.82 Å². The molecule has 0 bridgehead atoms. The van der Waals surface area contributed by atoms with E-state index < -0.39 is 5.92 Å². The number of nitrogens with two attached hydrogens (primary N) is 1. The minimum Gasteiger partial charge on any atom is -0.330 e. The first kappa shape index (κ1) is 14.1. The summed E-state index contributed by atoms with van der Waals surface area (Å²) in [6.07, 6.45) is 4.32. The molecule has 0 aromatic heterocycles. The Morgan fingerprint density at radius 1 is 1.05 bits per heavy atom. The van der Waals surface area contributed by atoms with Crippen molar-refractivity contribution >= 4 is 6.08 Å². The van der Waals surface area contributed by atoms with Gasteiger partial charge in [-0.25, -0.2) is 13.2 Å². The van der Waals surface area contributed by atoms with Crippen LogP contribution in [0.2, 0.25) is 0 Å². The molecule has 0 spiro atoms. The predicted octanol–water partition coefficient (Wildman–Crippen LogP) is 3.99. The van der Waals surface area contributed by atoms with Crippen LogP contribution in [-0.2, 0) is 0 Å². The molecule has 0 aliphatic heterocycles. The van der Waals surface area contributed by atoms with Crippen LogP contribution in [0, 0.1) is 11.2 Å². The molecule has 0 amide bonds. The van der Waals surface area contributed by atoms with Crippen LogP contribution in [0.5, 0.6) is 0 Å². The molecular weight excluding hydrogens is 251 g/mol. The molecule has 0 radical (unpaired) electrons. The van der Waals surface area contributed by atoms with Crippen molar-refractivity contribution in [1.82, 2.24) is 0 Å². The van der Waals surface area contributed by atoms with Gasteiger partial charge >= 0.3 is 0 Å². The van der Waals surface area contributed by atoms with E-state index in [0.29, 0.717) is 19.4 Å². The second-order valence-corrected chi connectivity index (χ2v) is 5.31. The number of rotatable bonds is 3. The van der Waals surface area contributed by atoms with Crippen molar-refractivity contribution in [2.24, 2.45) is 11.1 Å². The van der Waals surface area contributed by atoms with Gasteiger partial charge in [-0.3, -0.25) is 0 Å². The molecule has 0 heterocycles. The number of halogens is 3. The van der Waals surface area contributed by atoms with Crippen LogP contribution in [0.1, 0.15) is 31.2 Å². The highest BCUT2D eigenvalue weighted by molar-refractivity contribution is 5.50. The molecule has 2 N–H and O–H groups in total. The van der Waals surface area contributed by atoms with Crippen molar-refractivity contribution in [3.63, 3.8) is 0 Å². The lowest BCUT2D eigenvalue weighted by Crippen LogP contribution is -2.37. The molecule has 0 saturated heterocycles. The second kappa shape index (κ2) is 5.37. The van der Waals surface area contributed by atoms with Crippen molar-refractivity contribution < 1.29 is 13.2 Å². The van der Waals surface area contributed by atoms with E-state index in [4.69, 9.17) is 5.73 Å². The third-order valence-electron chi connectivity index (χ3n) is 3.88. The van der Waals surface area contributed by atoms with Gasteiger partial charge in [0.2, 0.25) is 5.92 Å². The smallest absolute Gasteiger partial charge is 0.248 e. The van der Waals surface area contributed by atoms with Gasteiger partial charge in [0.15, 0.2) is 0 Å². The van der Waals surface area contributed by atoms with Crippen LogP contribution in [0.4, 0.5) is 13.2 Å². The van der Waals surface area contributed by atoms with E-state index in [-0.39, 0.29) is 24.1 Å². The first-order valence-electron chi connectivity index (χ1n) is 6.48. The van der Waals surface area contributed by atoms with Crippen molar-refractivity contribution in [3.05, 3.63) is 41.7 Å². The van der Waals surface area contributed by atoms with Gasteiger partial charge in [-0.05, 0) is 30.5 Å². The summed E-state index contributed by atoms with van der Waals surface area (Å²) in [5, 5.41) is 0. The Kier molecular flexibility index (Phi) is 3.99. The lowest BCUT2D eigenvalue weighted by atomic mass is 9.72. The monoisotopic (exact) mass is 269 g/mol. The average molecular weight is 269 g/mol. The summed E-state index contributed by atoms with van der Waals surface area (Å²) in [6, 6.07) is 6.08. The molecule has 2 rings (SSSR count). The Morgan fingerprint density at radius 2 is 1.63 bits per heavy atom. The van der Waals surface area contributed by atoms with Gasteiger partial charge < -0.3 is 5.73 Å². The van der Waals surface area contributed by atoms with Crippen LogP contribution >= 0.6 is 0 Å². The summed E-state index contributed by atoms with van der Waals surface area (Å²) >= 11 is 0. The van der Waals surface area contributed by atoms with Gasteiger partial charge in [-0.2, -0.15) is 0 Å². The third-order valence-corrected chi connectivity index (χ3v) is 3.88. The summed E-state index contributed by atoms with van der Waals surface area (Å²) in [5.74, 6) is -2.84. The number of alkyl halides is 2. The number of hydrogen-bond acceptors (Lipinski definition) is 1. The highest BCUT2D eigenvalue weighted by Crippen LogP contribution is 2.44. The molecule has 1 aromatic rings. The van der Waals surface area contributed by atoms with E-state index in [0.717, 1.165) is 5.56 Å². The fourth-order valence-electron chi connectivity index (χ4n) is 2.40.